The van der Waals surface area contributed by atoms with E-state index in [-0.39, 0.29) is 18.7 Å². The summed E-state index contributed by atoms with van der Waals surface area (Å²) < 4.78 is 6.34. The fourth-order valence-electron chi connectivity index (χ4n) is 2.79. The molecular weight excluding hydrogens is 366 g/mol. The molecule has 4 amide bonds. The van der Waals surface area contributed by atoms with Gasteiger partial charge in [-0.1, -0.05) is 12.1 Å². The number of hydrogen-bond acceptors (Lipinski definition) is 6. The topological polar surface area (TPSA) is 115 Å². The summed E-state index contributed by atoms with van der Waals surface area (Å²) in [6, 6.07) is 9.58. The van der Waals surface area contributed by atoms with E-state index in [1.54, 1.807) is 43.6 Å². The second-order valence-electron chi connectivity index (χ2n) is 6.10. The zero-order chi connectivity index (χ0) is 20.3. The average molecular weight is 383 g/mol. The molecule has 0 saturated carbocycles. The number of hydrogen-bond donors (Lipinski definition) is 1. The highest BCUT2D eigenvalue weighted by atomic mass is 16.5. The molecule has 1 N–H and O–H groups in total. The van der Waals surface area contributed by atoms with E-state index in [0.29, 0.717) is 11.1 Å². The molecule has 0 radical (unpaired) electrons. The normalized spacial score (nSPS) is 12.7. The fourth-order valence-corrected chi connectivity index (χ4v) is 2.79. The number of aromatic nitrogens is 1. The summed E-state index contributed by atoms with van der Waals surface area (Å²) in [4.78, 5) is 60.8. The minimum atomic E-state index is -0.778. The largest absolute Gasteiger partial charge is 0.456 e. The van der Waals surface area contributed by atoms with Crippen LogP contribution in [0.4, 0.5) is 0 Å². The molecule has 28 heavy (non-hydrogen) atoms. The molecule has 0 bridgehead atoms. The van der Waals surface area contributed by atoms with Crippen LogP contribution in [0.1, 0.15) is 37.6 Å². The maximum atomic E-state index is 12.2. The molecule has 2 heterocycles. The minimum absolute atomic E-state index is 0.158. The highest BCUT2D eigenvalue weighted by Crippen LogP contribution is 2.22. The number of fused-ring (bicyclic) bond motifs is 1. The summed E-state index contributed by atoms with van der Waals surface area (Å²) in [6.45, 7) is -0.799. The first-order valence-corrected chi connectivity index (χ1v) is 8.45. The van der Waals surface area contributed by atoms with Gasteiger partial charge in [0.25, 0.3) is 23.6 Å². The van der Waals surface area contributed by atoms with Crippen molar-refractivity contribution in [2.24, 2.45) is 7.05 Å². The molecule has 0 spiro atoms. The maximum absolute atomic E-state index is 12.2. The second-order valence-corrected chi connectivity index (χ2v) is 6.10. The fraction of sp³-hybridized carbons (Fsp3) is 0.211. The number of nitrogens with zero attached hydrogens (tertiary/aromatic N) is 2. The van der Waals surface area contributed by atoms with Crippen molar-refractivity contribution in [1.82, 2.24) is 14.8 Å². The van der Waals surface area contributed by atoms with E-state index >= 15 is 0 Å². The predicted octanol–water partition coefficient (Wildman–Crippen LogP) is 0.511. The number of imide groups is 2. The van der Waals surface area contributed by atoms with Gasteiger partial charge in [0.2, 0.25) is 0 Å². The summed E-state index contributed by atoms with van der Waals surface area (Å²) in [6.07, 6.45) is 1.39. The lowest BCUT2D eigenvalue weighted by Gasteiger charge is -2.13. The Morgan fingerprint density at radius 1 is 1.00 bits per heavy atom. The molecule has 1 aromatic carbocycles. The number of carbonyl (C=O) groups is 5. The summed E-state index contributed by atoms with van der Waals surface area (Å²) >= 11 is 0. The molecule has 1 aliphatic rings. The van der Waals surface area contributed by atoms with Gasteiger partial charge in [0.1, 0.15) is 5.69 Å². The monoisotopic (exact) mass is 383 g/mol. The van der Waals surface area contributed by atoms with Gasteiger partial charge in [0.15, 0.2) is 6.61 Å². The molecule has 1 aliphatic heterocycles. The van der Waals surface area contributed by atoms with Gasteiger partial charge in [0, 0.05) is 19.8 Å². The number of amides is 4. The molecule has 0 fully saturated rings. The van der Waals surface area contributed by atoms with Crippen molar-refractivity contribution in [2.45, 2.75) is 6.42 Å². The van der Waals surface area contributed by atoms with E-state index in [1.807, 2.05) is 0 Å². The van der Waals surface area contributed by atoms with Crippen LogP contribution in [0.25, 0.3) is 0 Å². The van der Waals surface area contributed by atoms with Crippen molar-refractivity contribution in [1.29, 1.82) is 0 Å². The lowest BCUT2D eigenvalue weighted by molar-refractivity contribution is -0.148. The summed E-state index contributed by atoms with van der Waals surface area (Å²) in [5.41, 5.74) is 0.865. The molecule has 3 rings (SSSR count). The van der Waals surface area contributed by atoms with Crippen LogP contribution in [0, 0.1) is 0 Å². The van der Waals surface area contributed by atoms with Crippen molar-refractivity contribution in [3.05, 3.63) is 59.4 Å². The standard InChI is InChI=1S/C19H17N3O6/c1-21-9-4-7-14(21)17(25)20-15(23)11-28-16(24)8-10-22-18(26)12-5-2-3-6-13(12)19(22)27/h2-7,9H,8,10-11H2,1H3,(H,20,23,25). The van der Waals surface area contributed by atoms with Gasteiger partial charge < -0.3 is 9.30 Å². The number of rotatable bonds is 6. The summed E-state index contributed by atoms with van der Waals surface area (Å²) in [7, 11) is 1.65. The van der Waals surface area contributed by atoms with E-state index in [2.05, 4.69) is 5.32 Å². The summed E-state index contributed by atoms with van der Waals surface area (Å²) in [5, 5.41) is 2.11. The van der Waals surface area contributed by atoms with Gasteiger partial charge in [-0.15, -0.1) is 0 Å². The Hall–Kier alpha value is -3.75. The zero-order valence-electron chi connectivity index (χ0n) is 15.0. The van der Waals surface area contributed by atoms with Gasteiger partial charge in [-0.2, -0.15) is 0 Å². The van der Waals surface area contributed by atoms with Crippen LogP contribution >= 0.6 is 0 Å². The third kappa shape index (κ3) is 3.83. The molecule has 2 aromatic rings. The van der Waals surface area contributed by atoms with E-state index in [0.717, 1.165) is 4.90 Å². The molecule has 9 nitrogen and oxygen atoms in total. The van der Waals surface area contributed by atoms with Crippen molar-refractivity contribution in [3.63, 3.8) is 0 Å². The molecular formula is C19H17N3O6. The quantitative estimate of drug-likeness (QED) is 0.574. The molecule has 9 heteroatoms. The van der Waals surface area contributed by atoms with Crippen molar-refractivity contribution < 1.29 is 28.7 Å². The average Bonchev–Trinajstić information content (AvgIpc) is 3.21. The zero-order valence-corrected chi connectivity index (χ0v) is 15.0. The summed E-state index contributed by atoms with van der Waals surface area (Å²) in [5.74, 6) is -3.10. The van der Waals surface area contributed by atoms with Gasteiger partial charge in [-0.05, 0) is 24.3 Å². The van der Waals surface area contributed by atoms with Gasteiger partial charge in [0.05, 0.1) is 17.5 Å². The molecule has 1 aromatic heterocycles. The van der Waals surface area contributed by atoms with E-state index in [9.17, 15) is 24.0 Å². The smallest absolute Gasteiger partial charge is 0.308 e. The SMILES string of the molecule is Cn1cccc1C(=O)NC(=O)COC(=O)CCN1C(=O)c2ccccc2C1=O. The van der Waals surface area contributed by atoms with E-state index < -0.39 is 36.2 Å². The Kier molecular flexibility index (Phi) is 5.35. The van der Waals surface area contributed by atoms with E-state index in [4.69, 9.17) is 4.74 Å². The molecule has 0 saturated heterocycles. The first-order chi connectivity index (χ1) is 13.4. The van der Waals surface area contributed by atoms with Crippen molar-refractivity contribution in [2.75, 3.05) is 13.2 Å². The highest BCUT2D eigenvalue weighted by Gasteiger charge is 2.35. The van der Waals surface area contributed by atoms with Crippen LogP contribution in [0.2, 0.25) is 0 Å². The Labute approximate surface area is 159 Å². The third-order valence-electron chi connectivity index (χ3n) is 4.21. The third-order valence-corrected chi connectivity index (χ3v) is 4.21. The van der Waals surface area contributed by atoms with Crippen LogP contribution in [-0.2, 0) is 21.4 Å². The van der Waals surface area contributed by atoms with Crippen molar-refractivity contribution >= 4 is 29.6 Å². The Balaban J connectivity index is 1.45. The van der Waals surface area contributed by atoms with Crippen LogP contribution in [-0.4, -0.2) is 52.2 Å². The molecule has 0 unspecified atom stereocenters. The first kappa shape index (κ1) is 19.0. The Bertz CT molecular complexity index is 943. The molecule has 0 atom stereocenters. The highest BCUT2D eigenvalue weighted by molar-refractivity contribution is 6.21. The van der Waals surface area contributed by atoms with E-state index in [1.165, 1.54) is 10.6 Å². The maximum Gasteiger partial charge on any atom is 0.308 e. The minimum Gasteiger partial charge on any atom is -0.456 e. The van der Waals surface area contributed by atoms with Gasteiger partial charge in [-0.25, -0.2) is 0 Å². The Morgan fingerprint density at radius 2 is 1.64 bits per heavy atom. The number of carbonyl (C=O) groups excluding carboxylic acids is 5. The number of esters is 1. The van der Waals surface area contributed by atoms with Gasteiger partial charge >= 0.3 is 5.97 Å². The van der Waals surface area contributed by atoms with Crippen molar-refractivity contribution in [3.8, 4) is 0 Å². The van der Waals surface area contributed by atoms with Crippen LogP contribution in [0.3, 0.4) is 0 Å². The van der Waals surface area contributed by atoms with Crippen LogP contribution < -0.4 is 5.32 Å². The van der Waals surface area contributed by atoms with Crippen LogP contribution in [0.15, 0.2) is 42.6 Å². The molecule has 144 valence electrons. The lowest BCUT2D eigenvalue weighted by atomic mass is 10.1. The first-order valence-electron chi connectivity index (χ1n) is 8.45. The number of aryl methyl sites for hydroxylation is 1. The molecule has 0 aliphatic carbocycles. The number of nitrogens with one attached hydrogen (secondary N) is 1. The second kappa shape index (κ2) is 7.87. The Morgan fingerprint density at radius 3 is 2.21 bits per heavy atom. The lowest BCUT2D eigenvalue weighted by Crippen LogP contribution is -2.36. The van der Waals surface area contributed by atoms with Crippen LogP contribution in [0.5, 0.6) is 0 Å². The number of benzene rings is 1. The predicted molar refractivity (Wildman–Crippen MR) is 95.3 cm³/mol. The van der Waals surface area contributed by atoms with Gasteiger partial charge in [-0.3, -0.25) is 34.2 Å². The number of ether oxygens (including phenoxy) is 1.